The molecule has 2 aromatic carbocycles. The smallest absolute Gasteiger partial charge is 0.238 e. The highest BCUT2D eigenvalue weighted by Gasteiger charge is 2.16. The summed E-state index contributed by atoms with van der Waals surface area (Å²) in [5.41, 5.74) is 7.15. The van der Waals surface area contributed by atoms with E-state index in [1.54, 1.807) is 29.4 Å². The van der Waals surface area contributed by atoms with Gasteiger partial charge in [0.2, 0.25) is 5.91 Å². The Labute approximate surface area is 217 Å². The van der Waals surface area contributed by atoms with E-state index in [-0.39, 0.29) is 18.3 Å². The van der Waals surface area contributed by atoms with E-state index in [0.717, 1.165) is 33.2 Å². The predicted octanol–water partition coefficient (Wildman–Crippen LogP) is 5.47. The number of nitrogens with one attached hydrogen (secondary N) is 3. The van der Waals surface area contributed by atoms with Crippen LogP contribution in [0.5, 0.6) is 0 Å². The van der Waals surface area contributed by atoms with Gasteiger partial charge < -0.3 is 15.2 Å². The Kier molecular flexibility index (Phi) is 5.89. The number of likely N-dealkylation sites (N-methyl/N-ethyl adjacent to an activating group) is 1. The van der Waals surface area contributed by atoms with Gasteiger partial charge in [-0.05, 0) is 56.1 Å². The third-order valence-electron chi connectivity index (χ3n) is 6.27. The Balaban J connectivity index is 1.39. The van der Waals surface area contributed by atoms with E-state index >= 15 is 0 Å². The molecule has 6 rings (SSSR count). The molecule has 0 unspecified atom stereocenters. The van der Waals surface area contributed by atoms with Gasteiger partial charge in [-0.1, -0.05) is 30.3 Å². The molecule has 3 N–H and O–H groups in total. The Morgan fingerprint density at radius 2 is 1.82 bits per heavy atom. The Morgan fingerprint density at radius 3 is 2.66 bits per heavy atom. The zero-order valence-corrected chi connectivity index (χ0v) is 20.8. The number of carbonyl (C=O) groups is 1. The Morgan fingerprint density at radius 1 is 0.974 bits per heavy atom. The van der Waals surface area contributed by atoms with Gasteiger partial charge in [0, 0.05) is 28.2 Å². The van der Waals surface area contributed by atoms with Crippen molar-refractivity contribution in [2.45, 2.75) is 0 Å². The van der Waals surface area contributed by atoms with Gasteiger partial charge in [-0.15, -0.1) is 0 Å². The van der Waals surface area contributed by atoms with Crippen LogP contribution in [0.3, 0.4) is 0 Å². The number of halogens is 1. The summed E-state index contributed by atoms with van der Waals surface area (Å²) in [4.78, 5) is 26.6. The molecule has 0 aliphatic carbocycles. The van der Waals surface area contributed by atoms with Crippen molar-refractivity contribution in [1.82, 2.24) is 30.0 Å². The van der Waals surface area contributed by atoms with Crippen LogP contribution in [0.4, 0.5) is 10.1 Å². The molecule has 1 amide bonds. The number of fused-ring (bicyclic) bond motifs is 2. The largest absolute Gasteiger partial charge is 0.353 e. The highest BCUT2D eigenvalue weighted by molar-refractivity contribution is 6.00. The highest BCUT2D eigenvalue weighted by atomic mass is 19.1. The van der Waals surface area contributed by atoms with Crippen molar-refractivity contribution in [3.05, 3.63) is 84.9 Å². The summed E-state index contributed by atoms with van der Waals surface area (Å²) in [6.45, 7) is 0.274. The normalized spacial score (nSPS) is 11.5. The monoisotopic (exact) mass is 505 g/mol. The van der Waals surface area contributed by atoms with Crippen molar-refractivity contribution in [3.8, 4) is 33.8 Å². The molecule has 6 aromatic rings. The minimum absolute atomic E-state index is 0.122. The second kappa shape index (κ2) is 9.53. The maximum Gasteiger partial charge on any atom is 0.238 e. The van der Waals surface area contributed by atoms with E-state index in [9.17, 15) is 9.18 Å². The van der Waals surface area contributed by atoms with Gasteiger partial charge in [-0.3, -0.25) is 14.9 Å². The fraction of sp³-hybridized carbons (Fsp3) is 0.103. The summed E-state index contributed by atoms with van der Waals surface area (Å²) in [6, 6.07) is 20.1. The predicted molar refractivity (Wildman–Crippen MR) is 147 cm³/mol. The lowest BCUT2D eigenvalue weighted by molar-refractivity contribution is -0.116. The van der Waals surface area contributed by atoms with Gasteiger partial charge in [-0.25, -0.2) is 9.37 Å². The molecule has 0 spiro atoms. The van der Waals surface area contributed by atoms with Crippen molar-refractivity contribution in [2.75, 3.05) is 26.0 Å². The molecule has 0 atom stereocenters. The zero-order chi connectivity index (χ0) is 26.2. The van der Waals surface area contributed by atoms with E-state index in [2.05, 4.69) is 25.5 Å². The van der Waals surface area contributed by atoms with E-state index in [1.165, 1.54) is 6.07 Å². The number of rotatable bonds is 6. The number of aromatic nitrogens is 5. The van der Waals surface area contributed by atoms with Gasteiger partial charge in [0.1, 0.15) is 17.0 Å². The van der Waals surface area contributed by atoms with E-state index in [1.807, 2.05) is 62.6 Å². The van der Waals surface area contributed by atoms with E-state index in [4.69, 9.17) is 4.98 Å². The SMILES string of the molecule is CN(C)CC(=O)Nc1cncc(-c2ccc3[nH]nc(-c4cc5c(-c6ccccc6F)cccc5[nH]4)c3n2)c1. The van der Waals surface area contributed by atoms with Crippen LogP contribution < -0.4 is 5.32 Å². The molecule has 0 aliphatic heterocycles. The minimum Gasteiger partial charge on any atom is -0.353 e. The van der Waals surface area contributed by atoms with E-state index in [0.29, 0.717) is 28.2 Å². The number of H-pyrrole nitrogens is 2. The first kappa shape index (κ1) is 23.5. The molecule has 0 fully saturated rings. The molecule has 0 saturated carbocycles. The third-order valence-corrected chi connectivity index (χ3v) is 6.27. The van der Waals surface area contributed by atoms with Gasteiger partial charge >= 0.3 is 0 Å². The number of benzene rings is 2. The maximum absolute atomic E-state index is 14.6. The third kappa shape index (κ3) is 4.39. The molecule has 0 radical (unpaired) electrons. The quantitative estimate of drug-likeness (QED) is 0.278. The average molecular weight is 506 g/mol. The van der Waals surface area contributed by atoms with Crippen molar-refractivity contribution in [3.63, 3.8) is 0 Å². The lowest BCUT2D eigenvalue weighted by Crippen LogP contribution is -2.27. The summed E-state index contributed by atoms with van der Waals surface area (Å²) < 4.78 is 14.6. The van der Waals surface area contributed by atoms with Crippen LogP contribution in [-0.2, 0) is 4.79 Å². The van der Waals surface area contributed by atoms with Gasteiger partial charge in [-0.2, -0.15) is 5.10 Å². The van der Waals surface area contributed by atoms with Crippen molar-refractivity contribution < 1.29 is 9.18 Å². The van der Waals surface area contributed by atoms with E-state index < -0.39 is 0 Å². The molecule has 0 saturated heterocycles. The molecule has 38 heavy (non-hydrogen) atoms. The van der Waals surface area contributed by atoms with Crippen LogP contribution in [0, 0.1) is 5.82 Å². The molecule has 8 nitrogen and oxygen atoms in total. The minimum atomic E-state index is -0.270. The zero-order valence-electron chi connectivity index (χ0n) is 20.8. The number of carbonyl (C=O) groups excluding carboxylic acids is 1. The number of hydrogen-bond donors (Lipinski definition) is 3. The Bertz CT molecular complexity index is 1800. The van der Waals surface area contributed by atoms with Crippen LogP contribution >= 0.6 is 0 Å². The number of amides is 1. The molecule has 9 heteroatoms. The van der Waals surface area contributed by atoms with Crippen LogP contribution in [0.25, 0.3) is 55.7 Å². The van der Waals surface area contributed by atoms with Gasteiger partial charge in [0.05, 0.1) is 35.3 Å². The second-order valence-electron chi connectivity index (χ2n) is 9.34. The van der Waals surface area contributed by atoms with Crippen LogP contribution in [-0.4, -0.2) is 56.6 Å². The van der Waals surface area contributed by atoms with Crippen molar-refractivity contribution in [1.29, 1.82) is 0 Å². The number of hydrogen-bond acceptors (Lipinski definition) is 5. The van der Waals surface area contributed by atoms with Gasteiger partial charge in [0.15, 0.2) is 0 Å². The lowest BCUT2D eigenvalue weighted by atomic mass is 10.0. The van der Waals surface area contributed by atoms with Crippen molar-refractivity contribution in [2.24, 2.45) is 0 Å². The first-order valence-electron chi connectivity index (χ1n) is 12.1. The topological polar surface area (TPSA) is 103 Å². The maximum atomic E-state index is 14.6. The van der Waals surface area contributed by atoms with Crippen LogP contribution in [0.1, 0.15) is 0 Å². The van der Waals surface area contributed by atoms with Crippen LogP contribution in [0.2, 0.25) is 0 Å². The molecule has 0 bridgehead atoms. The van der Waals surface area contributed by atoms with Gasteiger partial charge in [0.25, 0.3) is 0 Å². The molecular weight excluding hydrogens is 481 g/mol. The molecule has 4 heterocycles. The first-order valence-corrected chi connectivity index (χ1v) is 12.1. The molecule has 0 aliphatic rings. The fourth-order valence-electron chi connectivity index (χ4n) is 4.58. The summed E-state index contributed by atoms with van der Waals surface area (Å²) >= 11 is 0. The average Bonchev–Trinajstić information content (AvgIpc) is 3.52. The standard InChI is InChI=1S/C29H24FN7O/c1-37(2)16-27(38)32-18-12-17(14-31-15-18)23-10-11-25-28(34-23)29(36-35-25)26-13-21-19(7-5-9-24(21)33-26)20-6-3-4-8-22(20)30/h3-15,33H,16H2,1-2H3,(H,32,38)(H,35,36). The molecule has 4 aromatic heterocycles. The number of aromatic amines is 2. The highest BCUT2D eigenvalue weighted by Crippen LogP contribution is 2.35. The summed E-state index contributed by atoms with van der Waals surface area (Å²) in [5, 5.41) is 11.3. The lowest BCUT2D eigenvalue weighted by Gasteiger charge is -2.10. The second-order valence-corrected chi connectivity index (χ2v) is 9.34. The number of nitrogens with zero attached hydrogens (tertiary/aromatic N) is 4. The Hall–Kier alpha value is -4.89. The summed E-state index contributed by atoms with van der Waals surface area (Å²) in [7, 11) is 3.67. The van der Waals surface area contributed by atoms with Crippen molar-refractivity contribution >= 4 is 33.5 Å². The fourth-order valence-corrected chi connectivity index (χ4v) is 4.58. The number of pyridine rings is 2. The van der Waals surface area contributed by atoms with Crippen LogP contribution in [0.15, 0.2) is 79.1 Å². The summed E-state index contributed by atoms with van der Waals surface area (Å²) in [6.07, 6.45) is 3.32. The molecule has 188 valence electrons. The number of anilines is 1. The first-order chi connectivity index (χ1) is 18.5. The molecular formula is C29H24FN7O. The summed E-state index contributed by atoms with van der Waals surface area (Å²) in [5.74, 6) is -0.393.